The number of benzene rings is 1. The SMILES string of the molecule is CC(C)C[C@H](NC(=O)[C@H](CCCCN)NC(=O)CNC(=O)[C@H](CCCCN)NC(=O)[C@H](CCCN=C(N)N)NC(=O)[C@H](CC(C)C)NC(=O)[C@H](CCCN=C(N)N)NC(=O)[C@@H](N)CCCCN)C(=O)N[C@@H](CCC(=O)O)C(=O)N[C@@H](Cc1ccc(O)cc1)C(=O)O. The Morgan fingerprint density at radius 3 is 1.19 bits per heavy atom. The molecule has 0 saturated heterocycles. The van der Waals surface area contributed by atoms with E-state index in [0.29, 0.717) is 57.1 Å². The smallest absolute Gasteiger partial charge is 0.326 e. The van der Waals surface area contributed by atoms with Crippen molar-refractivity contribution in [1.82, 2.24) is 47.9 Å². The van der Waals surface area contributed by atoms with Crippen LogP contribution in [0.5, 0.6) is 5.75 Å². The fourth-order valence-corrected chi connectivity index (χ4v) is 9.17. The Labute approximate surface area is 531 Å². The van der Waals surface area contributed by atoms with Gasteiger partial charge < -0.3 is 109 Å². The maximum Gasteiger partial charge on any atom is 0.326 e. The van der Waals surface area contributed by atoms with Crippen LogP contribution in [0.4, 0.5) is 0 Å². The van der Waals surface area contributed by atoms with Gasteiger partial charge in [-0.3, -0.25) is 57.9 Å². The van der Waals surface area contributed by atoms with Crippen molar-refractivity contribution in [3.63, 3.8) is 0 Å². The summed E-state index contributed by atoms with van der Waals surface area (Å²) in [4.78, 5) is 157. The second kappa shape index (κ2) is 44.9. The first-order valence-electron chi connectivity index (χ1n) is 30.9. The van der Waals surface area contributed by atoms with Crippen molar-refractivity contribution in [2.24, 2.45) is 67.7 Å². The summed E-state index contributed by atoms with van der Waals surface area (Å²) in [6.45, 7) is 7.35. The Balaban J connectivity index is 3.48. The Bertz CT molecular complexity index is 2530. The van der Waals surface area contributed by atoms with E-state index in [1.165, 1.54) is 24.3 Å². The molecule has 33 nitrogen and oxygen atoms in total. The molecule has 0 heterocycles. The third-order valence-corrected chi connectivity index (χ3v) is 14.0. The van der Waals surface area contributed by atoms with E-state index in [2.05, 4.69) is 57.8 Å². The number of carboxylic acid groups (broad SMARTS) is 2. The van der Waals surface area contributed by atoms with Crippen molar-refractivity contribution in [2.45, 2.75) is 198 Å². The number of hydrogen-bond acceptors (Lipinski definition) is 18. The number of carboxylic acids is 2. The molecule has 0 radical (unpaired) electrons. The number of carbonyl (C=O) groups excluding carboxylic acids is 9. The number of nitrogens with one attached hydrogen (secondary N) is 9. The van der Waals surface area contributed by atoms with E-state index in [9.17, 15) is 68.1 Å². The van der Waals surface area contributed by atoms with Crippen LogP contribution in [0.25, 0.3) is 0 Å². The van der Waals surface area contributed by atoms with Crippen LogP contribution in [0, 0.1) is 11.8 Å². The third-order valence-electron chi connectivity index (χ3n) is 14.0. The molecule has 1 aromatic carbocycles. The summed E-state index contributed by atoms with van der Waals surface area (Å²) in [7, 11) is 0. The Kier molecular flexibility index (Phi) is 39.8. The predicted octanol–water partition coefficient (Wildman–Crippen LogP) is -4.21. The number of rotatable bonds is 48. The molecule has 0 aliphatic heterocycles. The number of unbranched alkanes of at least 4 members (excludes halogenated alkanes) is 3. The molecule has 0 aliphatic rings. The van der Waals surface area contributed by atoms with Crippen molar-refractivity contribution < 1.29 is 68.1 Å². The molecule has 91 heavy (non-hydrogen) atoms. The monoisotopic (exact) mass is 1290 g/mol. The van der Waals surface area contributed by atoms with Crippen LogP contribution < -0.4 is 93.7 Å². The Morgan fingerprint density at radius 1 is 0.440 bits per heavy atom. The number of carbonyl (C=O) groups is 11. The second-order valence-corrected chi connectivity index (χ2v) is 23.0. The zero-order chi connectivity index (χ0) is 68.6. The number of phenolic OH excluding ortho intramolecular Hbond substituents is 1. The predicted molar refractivity (Wildman–Crippen MR) is 340 cm³/mol. The molecule has 28 N–H and O–H groups in total. The summed E-state index contributed by atoms with van der Waals surface area (Å²) >= 11 is 0. The summed E-state index contributed by atoms with van der Waals surface area (Å²) in [5, 5.41) is 52.4. The van der Waals surface area contributed by atoms with Crippen LogP contribution in [-0.4, -0.2) is 186 Å². The fourth-order valence-electron chi connectivity index (χ4n) is 9.17. The van der Waals surface area contributed by atoms with Crippen LogP contribution in [0.1, 0.15) is 142 Å². The lowest BCUT2D eigenvalue weighted by Crippen LogP contribution is -2.59. The van der Waals surface area contributed by atoms with Gasteiger partial charge in [-0.2, -0.15) is 0 Å². The van der Waals surface area contributed by atoms with Gasteiger partial charge in [0, 0.05) is 25.9 Å². The lowest BCUT2D eigenvalue weighted by molar-refractivity contribution is -0.143. The normalized spacial score (nSPS) is 14.0. The number of phenols is 1. The van der Waals surface area contributed by atoms with Crippen molar-refractivity contribution in [2.75, 3.05) is 39.3 Å². The molecule has 1 rings (SSSR count). The molecule has 0 aliphatic carbocycles. The number of amides is 9. The first kappa shape index (κ1) is 80.6. The lowest BCUT2D eigenvalue weighted by Gasteiger charge is -2.28. The van der Waals surface area contributed by atoms with Crippen LogP contribution in [0.3, 0.4) is 0 Å². The van der Waals surface area contributed by atoms with E-state index in [-0.39, 0.29) is 113 Å². The van der Waals surface area contributed by atoms with Gasteiger partial charge in [-0.15, -0.1) is 0 Å². The number of aliphatic carboxylic acids is 2. The maximum absolute atomic E-state index is 14.3. The number of hydrogen-bond donors (Lipinski definition) is 20. The van der Waals surface area contributed by atoms with Crippen molar-refractivity contribution in [1.29, 1.82) is 0 Å². The summed E-state index contributed by atoms with van der Waals surface area (Å²) in [5.41, 5.74) is 45.8. The molecule has 0 saturated carbocycles. The highest BCUT2D eigenvalue weighted by molar-refractivity contribution is 5.98. The molecule has 0 spiro atoms. The summed E-state index contributed by atoms with van der Waals surface area (Å²) in [5.74, 6) is -11.2. The fraction of sp³-hybridized carbons (Fsp3) is 0.672. The van der Waals surface area contributed by atoms with Gasteiger partial charge in [0.05, 0.1) is 12.6 Å². The van der Waals surface area contributed by atoms with Crippen molar-refractivity contribution in [3.8, 4) is 5.75 Å². The van der Waals surface area contributed by atoms with Crippen LogP contribution >= 0.6 is 0 Å². The summed E-state index contributed by atoms with van der Waals surface area (Å²) < 4.78 is 0. The van der Waals surface area contributed by atoms with Gasteiger partial charge in [0.1, 0.15) is 54.1 Å². The van der Waals surface area contributed by atoms with Gasteiger partial charge >= 0.3 is 11.9 Å². The first-order chi connectivity index (χ1) is 43.0. The number of nitrogens with zero attached hydrogens (tertiary/aromatic N) is 2. The topological polar surface area (TPSA) is 590 Å². The molecular formula is C58H103N19O14. The van der Waals surface area contributed by atoms with E-state index in [1.54, 1.807) is 27.7 Å². The van der Waals surface area contributed by atoms with E-state index in [4.69, 9.17) is 45.9 Å². The molecule has 1 aromatic rings. The highest BCUT2D eigenvalue weighted by Gasteiger charge is 2.35. The lowest BCUT2D eigenvalue weighted by atomic mass is 10.0. The molecule has 9 atom stereocenters. The van der Waals surface area contributed by atoms with Crippen LogP contribution in [0.2, 0.25) is 0 Å². The standard InChI is InChI=1S/C58H103N19O14/c1-33(2)29-43(76-52(86)40(16-11-27-67-57(63)64)71-48(82)37(62)13-5-8-24-59)54(88)73-41(17-12-28-68-58(65)66)51(85)72-38(14-6-9-25-60)49(83)69-32-46(79)70-39(15-7-10-26-61)50(84)75-44(30-34(3)4)55(89)74-42(22-23-47(80)81)53(87)77-45(56(90)91)31-35-18-20-36(78)21-19-35/h18-21,33-34,37-45,78H,5-17,22-32,59-62H2,1-4H3,(H,69,83)(H,70,79)(H,71,82)(H,72,85)(H,73,88)(H,74,89)(H,75,84)(H,76,86)(H,77,87)(H,80,81)(H,90,91)(H4,63,64,67)(H4,65,66,68)/t37-,38-,39-,40-,41-,42-,43-,44-,45-/m0/s1. The zero-order valence-electron chi connectivity index (χ0n) is 53.0. The highest BCUT2D eigenvalue weighted by atomic mass is 16.4. The Morgan fingerprint density at radius 2 is 0.791 bits per heavy atom. The average Bonchev–Trinajstić information content (AvgIpc) is 1.14. The second-order valence-electron chi connectivity index (χ2n) is 23.0. The van der Waals surface area contributed by atoms with Gasteiger partial charge in [-0.1, -0.05) is 46.2 Å². The van der Waals surface area contributed by atoms with Crippen LogP contribution in [0.15, 0.2) is 34.3 Å². The van der Waals surface area contributed by atoms with E-state index in [0.717, 1.165) is 0 Å². The minimum atomic E-state index is -1.59. The van der Waals surface area contributed by atoms with Gasteiger partial charge in [-0.05, 0) is 145 Å². The van der Waals surface area contributed by atoms with E-state index in [1.807, 2.05) is 0 Å². The van der Waals surface area contributed by atoms with Crippen LogP contribution in [-0.2, 0) is 59.2 Å². The molecule has 0 unspecified atom stereocenters. The minimum absolute atomic E-state index is 0.00171. The zero-order valence-corrected chi connectivity index (χ0v) is 53.0. The first-order valence-corrected chi connectivity index (χ1v) is 30.9. The van der Waals surface area contributed by atoms with Gasteiger partial charge in [0.2, 0.25) is 53.2 Å². The highest BCUT2D eigenvalue weighted by Crippen LogP contribution is 2.15. The number of aliphatic imine (C=N–C) groups is 2. The number of guanidine groups is 2. The number of aromatic hydroxyl groups is 1. The van der Waals surface area contributed by atoms with Gasteiger partial charge in [0.25, 0.3) is 0 Å². The summed E-state index contributed by atoms with van der Waals surface area (Å²) in [6.07, 6.45) is 2.05. The maximum atomic E-state index is 14.3. The average molecular weight is 1290 g/mol. The number of nitrogens with two attached hydrogens (primary N) is 8. The molecule has 9 amide bonds. The van der Waals surface area contributed by atoms with E-state index >= 15 is 0 Å². The Hall–Kier alpha value is -8.43. The van der Waals surface area contributed by atoms with Gasteiger partial charge in [-0.25, -0.2) is 4.79 Å². The molecule has 0 fully saturated rings. The van der Waals surface area contributed by atoms with Crippen molar-refractivity contribution >= 4 is 77.0 Å². The van der Waals surface area contributed by atoms with Gasteiger partial charge in [0.15, 0.2) is 11.9 Å². The van der Waals surface area contributed by atoms with E-state index < -0.39 is 139 Å². The minimum Gasteiger partial charge on any atom is -0.508 e. The third kappa shape index (κ3) is 35.5. The molecule has 33 heteroatoms. The largest absolute Gasteiger partial charge is 0.508 e. The molecule has 514 valence electrons. The molecule has 0 bridgehead atoms. The quantitative estimate of drug-likeness (QED) is 0.0167. The molecular weight excluding hydrogens is 1190 g/mol. The summed E-state index contributed by atoms with van der Waals surface area (Å²) in [6, 6.07) is -6.38. The molecule has 0 aromatic heterocycles. The van der Waals surface area contributed by atoms with Crippen molar-refractivity contribution in [3.05, 3.63) is 29.8 Å².